The summed E-state index contributed by atoms with van der Waals surface area (Å²) in [5.74, 6) is -1.85. The van der Waals surface area contributed by atoms with Crippen molar-refractivity contribution in [2.45, 2.75) is 45.3 Å². The summed E-state index contributed by atoms with van der Waals surface area (Å²) in [6.07, 6.45) is 0.704. The number of nitrogens with two attached hydrogens (primary N) is 1. The van der Waals surface area contributed by atoms with E-state index in [-0.39, 0.29) is 43.0 Å². The van der Waals surface area contributed by atoms with Crippen LogP contribution in [0.5, 0.6) is 5.75 Å². The molecule has 0 spiro atoms. The molecule has 2 amide bonds. The highest BCUT2D eigenvalue weighted by Gasteiger charge is 2.16. The predicted octanol–water partition coefficient (Wildman–Crippen LogP) is 3.02. The molecule has 0 aliphatic carbocycles. The van der Waals surface area contributed by atoms with Gasteiger partial charge in [0.25, 0.3) is 0 Å². The lowest BCUT2D eigenvalue weighted by molar-refractivity contribution is -0.141. The van der Waals surface area contributed by atoms with Crippen molar-refractivity contribution in [3.63, 3.8) is 0 Å². The molecule has 2 atom stereocenters. The number of carboxylic acids is 1. The molecule has 0 bridgehead atoms. The Balaban J connectivity index is 1.72. The zero-order valence-electron chi connectivity index (χ0n) is 18.6. The van der Waals surface area contributed by atoms with Gasteiger partial charge in [-0.05, 0) is 42.5 Å². The lowest BCUT2D eigenvalue weighted by Gasteiger charge is -2.15. The predicted molar refractivity (Wildman–Crippen MR) is 124 cm³/mol. The van der Waals surface area contributed by atoms with E-state index in [0.29, 0.717) is 19.3 Å². The first-order valence-corrected chi connectivity index (χ1v) is 10.8. The maximum absolute atomic E-state index is 12.2. The second-order valence-electron chi connectivity index (χ2n) is 7.93. The second kappa shape index (κ2) is 13.1. The maximum atomic E-state index is 12.2. The molecule has 0 aromatic heterocycles. The fourth-order valence-corrected chi connectivity index (χ4v) is 3.18. The van der Waals surface area contributed by atoms with Gasteiger partial charge in [0.1, 0.15) is 12.4 Å². The van der Waals surface area contributed by atoms with Gasteiger partial charge in [0.2, 0.25) is 5.91 Å². The Morgan fingerprint density at radius 2 is 1.82 bits per heavy atom. The molecular formula is C24H31N3O6. The van der Waals surface area contributed by atoms with Gasteiger partial charge < -0.3 is 31.3 Å². The van der Waals surface area contributed by atoms with Crippen LogP contribution in [0, 0.1) is 5.92 Å². The summed E-state index contributed by atoms with van der Waals surface area (Å²) in [6, 6.07) is 13.7. The summed E-state index contributed by atoms with van der Waals surface area (Å²) in [6.45, 7) is 2.04. The summed E-state index contributed by atoms with van der Waals surface area (Å²) in [5, 5.41) is 24.3. The minimum atomic E-state index is -0.900. The number of hydrogen-bond acceptors (Lipinski definition) is 6. The summed E-state index contributed by atoms with van der Waals surface area (Å²) in [5.41, 5.74) is 7.95. The fourth-order valence-electron chi connectivity index (χ4n) is 3.18. The van der Waals surface area contributed by atoms with Crippen molar-refractivity contribution in [3.05, 3.63) is 59.7 Å². The van der Waals surface area contributed by atoms with Gasteiger partial charge in [0.05, 0.1) is 11.6 Å². The zero-order valence-corrected chi connectivity index (χ0v) is 18.6. The smallest absolute Gasteiger partial charge is 0.407 e. The van der Waals surface area contributed by atoms with E-state index in [9.17, 15) is 19.5 Å². The van der Waals surface area contributed by atoms with Gasteiger partial charge in [0.15, 0.2) is 0 Å². The number of amides is 2. The first-order valence-electron chi connectivity index (χ1n) is 10.8. The van der Waals surface area contributed by atoms with Gasteiger partial charge in [-0.1, -0.05) is 43.3 Å². The largest absolute Gasteiger partial charge is 0.506 e. The lowest BCUT2D eigenvalue weighted by atomic mass is 9.96. The van der Waals surface area contributed by atoms with E-state index < -0.39 is 18.0 Å². The molecule has 2 aromatic rings. The quantitative estimate of drug-likeness (QED) is 0.243. The van der Waals surface area contributed by atoms with Gasteiger partial charge in [-0.2, -0.15) is 0 Å². The van der Waals surface area contributed by atoms with Crippen molar-refractivity contribution in [2.75, 3.05) is 11.9 Å². The molecule has 2 rings (SSSR count). The highest BCUT2D eigenvalue weighted by Crippen LogP contribution is 2.25. The van der Waals surface area contributed by atoms with Crippen LogP contribution in [0.25, 0.3) is 0 Å². The van der Waals surface area contributed by atoms with Crippen LogP contribution in [-0.4, -0.2) is 40.8 Å². The van der Waals surface area contributed by atoms with E-state index in [1.165, 1.54) is 6.07 Å². The Labute approximate surface area is 192 Å². The Hall–Kier alpha value is -3.59. The van der Waals surface area contributed by atoms with Gasteiger partial charge in [-0.15, -0.1) is 0 Å². The van der Waals surface area contributed by atoms with Crippen molar-refractivity contribution in [3.8, 4) is 5.75 Å². The summed E-state index contributed by atoms with van der Waals surface area (Å²) in [7, 11) is 0. The average molecular weight is 458 g/mol. The zero-order chi connectivity index (χ0) is 24.2. The molecule has 0 saturated heterocycles. The number of nitrogens with one attached hydrogen (secondary N) is 2. The summed E-state index contributed by atoms with van der Waals surface area (Å²) < 4.78 is 5.10. The van der Waals surface area contributed by atoms with Crippen LogP contribution < -0.4 is 16.4 Å². The molecule has 0 aliphatic heterocycles. The topological polar surface area (TPSA) is 151 Å². The molecule has 9 heteroatoms. The molecule has 1 unspecified atom stereocenters. The molecule has 0 aliphatic rings. The number of phenols is 1. The lowest BCUT2D eigenvalue weighted by Crippen LogP contribution is -2.28. The summed E-state index contributed by atoms with van der Waals surface area (Å²) >= 11 is 0. The van der Waals surface area contributed by atoms with E-state index >= 15 is 0 Å². The fraction of sp³-hybridized carbons (Fsp3) is 0.375. The van der Waals surface area contributed by atoms with Crippen LogP contribution in [0.2, 0.25) is 0 Å². The molecule has 178 valence electrons. The van der Waals surface area contributed by atoms with Crippen molar-refractivity contribution >= 4 is 23.7 Å². The number of carboxylic acid groups (broad SMARTS) is 1. The standard InChI is InChI=1S/C24H31N3O6/c1-16(23(30)31)12-19(25)13-18-9-10-21(28)20(14-18)27-22(29)8-5-11-26-24(32)33-15-17-6-3-2-4-7-17/h2-4,6-7,9-10,14,16,19,28H,5,8,11-13,15,25H2,1H3,(H,26,32)(H,27,29)(H,30,31)/t16?,19-/m1/s1. The normalized spacial score (nSPS) is 12.4. The molecule has 0 saturated carbocycles. The summed E-state index contributed by atoms with van der Waals surface area (Å²) in [4.78, 5) is 34.9. The number of anilines is 1. The molecule has 9 nitrogen and oxygen atoms in total. The Morgan fingerprint density at radius 3 is 2.52 bits per heavy atom. The van der Waals surface area contributed by atoms with Gasteiger partial charge >= 0.3 is 12.1 Å². The first kappa shape index (κ1) is 25.7. The van der Waals surface area contributed by atoms with Gasteiger partial charge in [-0.25, -0.2) is 4.79 Å². The Kier molecular flexibility index (Phi) is 10.2. The van der Waals surface area contributed by atoms with Crippen LogP contribution in [0.15, 0.2) is 48.5 Å². The van der Waals surface area contributed by atoms with Gasteiger partial charge in [-0.3, -0.25) is 9.59 Å². The van der Waals surface area contributed by atoms with E-state index in [4.69, 9.17) is 15.6 Å². The highest BCUT2D eigenvalue weighted by molar-refractivity contribution is 5.92. The van der Waals surface area contributed by atoms with Gasteiger partial charge in [0, 0.05) is 19.0 Å². The number of hydrogen-bond donors (Lipinski definition) is 5. The molecule has 0 radical (unpaired) electrons. The number of aliphatic carboxylic acids is 1. The Bertz CT molecular complexity index is 935. The van der Waals surface area contributed by atoms with E-state index in [1.54, 1.807) is 19.1 Å². The number of phenolic OH excluding ortho intramolecular Hbond substituents is 1. The number of rotatable bonds is 12. The van der Waals surface area contributed by atoms with Crippen molar-refractivity contribution in [1.82, 2.24) is 5.32 Å². The third-order valence-corrected chi connectivity index (χ3v) is 4.97. The number of carbonyl (C=O) groups is 3. The second-order valence-corrected chi connectivity index (χ2v) is 7.93. The average Bonchev–Trinajstić information content (AvgIpc) is 2.78. The highest BCUT2D eigenvalue weighted by atomic mass is 16.5. The molecular weight excluding hydrogens is 426 g/mol. The number of carbonyl (C=O) groups excluding carboxylic acids is 2. The number of benzene rings is 2. The van der Waals surface area contributed by atoms with E-state index in [1.807, 2.05) is 30.3 Å². The molecule has 0 fully saturated rings. The third-order valence-electron chi connectivity index (χ3n) is 4.97. The minimum absolute atomic E-state index is 0.0813. The van der Waals surface area contributed by atoms with Crippen LogP contribution in [-0.2, 0) is 27.4 Å². The van der Waals surface area contributed by atoms with Crippen LogP contribution >= 0.6 is 0 Å². The molecule has 0 heterocycles. The number of alkyl carbamates (subject to hydrolysis) is 1. The van der Waals surface area contributed by atoms with Crippen LogP contribution in [0.4, 0.5) is 10.5 Å². The number of ether oxygens (including phenoxy) is 1. The SMILES string of the molecule is CC(C[C@@H](N)Cc1ccc(O)c(NC(=O)CCCNC(=O)OCc2ccccc2)c1)C(=O)O. The first-order chi connectivity index (χ1) is 15.7. The minimum Gasteiger partial charge on any atom is -0.506 e. The van der Waals surface area contributed by atoms with Crippen molar-refractivity contribution < 1.29 is 29.3 Å². The van der Waals surface area contributed by atoms with Crippen LogP contribution in [0.1, 0.15) is 37.3 Å². The maximum Gasteiger partial charge on any atom is 0.407 e. The van der Waals surface area contributed by atoms with E-state index in [0.717, 1.165) is 11.1 Å². The molecule has 2 aromatic carbocycles. The van der Waals surface area contributed by atoms with Crippen molar-refractivity contribution in [1.29, 1.82) is 0 Å². The molecule has 33 heavy (non-hydrogen) atoms. The third kappa shape index (κ3) is 9.61. The monoisotopic (exact) mass is 457 g/mol. The number of aromatic hydroxyl groups is 1. The van der Waals surface area contributed by atoms with E-state index in [2.05, 4.69) is 10.6 Å². The Morgan fingerprint density at radius 1 is 1.09 bits per heavy atom. The van der Waals surface area contributed by atoms with Crippen LogP contribution in [0.3, 0.4) is 0 Å². The van der Waals surface area contributed by atoms with Crippen molar-refractivity contribution in [2.24, 2.45) is 11.7 Å². The molecule has 6 N–H and O–H groups in total.